The van der Waals surface area contributed by atoms with Gasteiger partial charge in [0, 0.05) is 19.6 Å². The van der Waals surface area contributed by atoms with E-state index >= 15 is 0 Å². The van der Waals surface area contributed by atoms with E-state index in [-0.39, 0.29) is 11.6 Å². The second-order valence-electron chi connectivity index (χ2n) is 6.34. The molecule has 1 saturated heterocycles. The number of carboxylic acid groups (broad SMARTS) is 1. The van der Waals surface area contributed by atoms with Crippen LogP contribution in [0.15, 0.2) is 52.9 Å². The van der Waals surface area contributed by atoms with Gasteiger partial charge in [0.25, 0.3) is 6.01 Å². The van der Waals surface area contributed by atoms with Gasteiger partial charge in [-0.1, -0.05) is 36.4 Å². The first-order valence-electron chi connectivity index (χ1n) is 8.26. The lowest BCUT2D eigenvalue weighted by molar-refractivity contribution is 0.0699. The van der Waals surface area contributed by atoms with Crippen molar-refractivity contribution in [1.29, 1.82) is 0 Å². The molecule has 1 fully saturated rings. The molecule has 3 aromatic rings. The fourth-order valence-electron chi connectivity index (χ4n) is 3.34. The number of rotatable bonds is 3. The number of likely N-dealkylation sites (N-methyl/N-ethyl adjacent to an activating group) is 1. The molecule has 6 heteroatoms. The van der Waals surface area contributed by atoms with Crippen molar-refractivity contribution in [3.05, 3.63) is 59.7 Å². The summed E-state index contributed by atoms with van der Waals surface area (Å²) in [6, 6.07) is 15.8. The van der Waals surface area contributed by atoms with Gasteiger partial charge in [-0.05, 0) is 24.7 Å². The van der Waals surface area contributed by atoms with Crippen LogP contribution in [0.2, 0.25) is 0 Å². The highest BCUT2D eigenvalue weighted by Crippen LogP contribution is 2.32. The molecular weight excluding hydrogens is 318 g/mol. The van der Waals surface area contributed by atoms with Crippen molar-refractivity contribution in [1.82, 2.24) is 9.88 Å². The molecule has 0 amide bonds. The molecule has 6 nitrogen and oxygen atoms in total. The number of oxazole rings is 1. The van der Waals surface area contributed by atoms with Gasteiger partial charge in [-0.2, -0.15) is 4.98 Å². The molecule has 128 valence electrons. The van der Waals surface area contributed by atoms with Gasteiger partial charge in [0.05, 0.1) is 11.6 Å². The molecule has 1 unspecified atom stereocenters. The van der Waals surface area contributed by atoms with Gasteiger partial charge < -0.3 is 19.3 Å². The van der Waals surface area contributed by atoms with E-state index in [1.54, 1.807) is 18.2 Å². The lowest BCUT2D eigenvalue weighted by Crippen LogP contribution is -2.47. The Hall–Kier alpha value is -2.86. The van der Waals surface area contributed by atoms with E-state index in [0.29, 0.717) is 17.1 Å². The Morgan fingerprint density at radius 1 is 1.16 bits per heavy atom. The summed E-state index contributed by atoms with van der Waals surface area (Å²) in [6.45, 7) is 2.52. The number of anilines is 1. The Bertz CT molecular complexity index is 907. The third-order valence-corrected chi connectivity index (χ3v) is 4.65. The van der Waals surface area contributed by atoms with Crippen LogP contribution < -0.4 is 4.90 Å². The van der Waals surface area contributed by atoms with Crippen molar-refractivity contribution >= 4 is 23.1 Å². The molecule has 1 N–H and O–H groups in total. The smallest absolute Gasteiger partial charge is 0.338 e. The van der Waals surface area contributed by atoms with Gasteiger partial charge in [0.2, 0.25) is 0 Å². The van der Waals surface area contributed by atoms with Crippen molar-refractivity contribution in [2.45, 2.75) is 6.04 Å². The minimum atomic E-state index is -0.997. The van der Waals surface area contributed by atoms with Gasteiger partial charge in [-0.3, -0.25) is 0 Å². The first-order chi connectivity index (χ1) is 12.1. The number of piperazine rings is 1. The highest BCUT2D eigenvalue weighted by molar-refractivity contribution is 6.00. The summed E-state index contributed by atoms with van der Waals surface area (Å²) >= 11 is 0. The van der Waals surface area contributed by atoms with Crippen molar-refractivity contribution in [3.63, 3.8) is 0 Å². The fraction of sp³-hybridized carbons (Fsp3) is 0.263. The molecule has 1 aliphatic rings. The van der Waals surface area contributed by atoms with Crippen LogP contribution in [0.4, 0.5) is 6.01 Å². The Morgan fingerprint density at radius 2 is 1.96 bits per heavy atom. The maximum atomic E-state index is 11.4. The van der Waals surface area contributed by atoms with Crippen LogP contribution in [0, 0.1) is 0 Å². The van der Waals surface area contributed by atoms with Crippen LogP contribution in [-0.2, 0) is 0 Å². The lowest BCUT2D eigenvalue weighted by Gasteiger charge is -2.39. The Labute approximate surface area is 145 Å². The number of nitrogens with zero attached hydrogens (tertiary/aromatic N) is 3. The molecular formula is C19H19N3O3. The first kappa shape index (κ1) is 15.7. The predicted octanol–water partition coefficient (Wildman–Crippen LogP) is 3.02. The van der Waals surface area contributed by atoms with Crippen LogP contribution in [0.1, 0.15) is 22.0 Å². The van der Waals surface area contributed by atoms with E-state index in [0.717, 1.165) is 19.6 Å². The molecule has 0 saturated carbocycles. The number of aromatic nitrogens is 1. The van der Waals surface area contributed by atoms with E-state index in [9.17, 15) is 9.90 Å². The average Bonchev–Trinajstić information content (AvgIpc) is 3.06. The number of fused-ring (bicyclic) bond motifs is 1. The molecule has 4 rings (SSSR count). The fourth-order valence-corrected chi connectivity index (χ4v) is 3.34. The van der Waals surface area contributed by atoms with Gasteiger partial charge in [0.1, 0.15) is 5.52 Å². The summed E-state index contributed by atoms with van der Waals surface area (Å²) < 4.78 is 5.92. The molecule has 1 aliphatic heterocycles. The minimum Gasteiger partial charge on any atom is -0.478 e. The second kappa shape index (κ2) is 6.22. The molecule has 0 spiro atoms. The maximum absolute atomic E-state index is 11.4. The maximum Gasteiger partial charge on any atom is 0.338 e. The second-order valence-corrected chi connectivity index (χ2v) is 6.34. The Kier molecular flexibility index (Phi) is 3.89. The number of para-hydroxylation sites is 1. The Morgan fingerprint density at radius 3 is 2.72 bits per heavy atom. The SMILES string of the molecule is CN1CCN(c2nc3c(C(=O)O)cccc3o2)C(c2ccccc2)C1. The van der Waals surface area contributed by atoms with Crippen LogP contribution >= 0.6 is 0 Å². The summed E-state index contributed by atoms with van der Waals surface area (Å²) in [4.78, 5) is 20.3. The minimum absolute atomic E-state index is 0.112. The zero-order valence-corrected chi connectivity index (χ0v) is 13.9. The number of aromatic carboxylic acids is 1. The normalized spacial score (nSPS) is 18.6. The van der Waals surface area contributed by atoms with E-state index in [1.165, 1.54) is 5.56 Å². The average molecular weight is 337 g/mol. The topological polar surface area (TPSA) is 69.8 Å². The third-order valence-electron chi connectivity index (χ3n) is 4.65. The van der Waals surface area contributed by atoms with Gasteiger partial charge >= 0.3 is 5.97 Å². The van der Waals surface area contributed by atoms with Gasteiger partial charge in [-0.15, -0.1) is 0 Å². The first-order valence-corrected chi connectivity index (χ1v) is 8.26. The van der Waals surface area contributed by atoms with Crippen LogP contribution in [-0.4, -0.2) is 47.6 Å². The molecule has 1 atom stereocenters. The van der Waals surface area contributed by atoms with Crippen molar-refractivity contribution < 1.29 is 14.3 Å². The summed E-state index contributed by atoms with van der Waals surface area (Å²) in [5, 5.41) is 9.37. The molecule has 0 bridgehead atoms. The zero-order valence-electron chi connectivity index (χ0n) is 13.9. The largest absolute Gasteiger partial charge is 0.478 e. The molecule has 2 aromatic carbocycles. The van der Waals surface area contributed by atoms with Crippen LogP contribution in [0.3, 0.4) is 0 Å². The number of hydrogen-bond acceptors (Lipinski definition) is 5. The highest BCUT2D eigenvalue weighted by atomic mass is 16.4. The lowest BCUT2D eigenvalue weighted by atomic mass is 10.0. The highest BCUT2D eigenvalue weighted by Gasteiger charge is 2.30. The van der Waals surface area contributed by atoms with Crippen LogP contribution in [0.25, 0.3) is 11.1 Å². The number of carbonyl (C=O) groups is 1. The third kappa shape index (κ3) is 2.85. The molecule has 0 radical (unpaired) electrons. The zero-order chi connectivity index (χ0) is 17.4. The van der Waals surface area contributed by atoms with Crippen molar-refractivity contribution in [3.8, 4) is 0 Å². The molecule has 2 heterocycles. The quantitative estimate of drug-likeness (QED) is 0.792. The molecule has 0 aliphatic carbocycles. The molecule has 25 heavy (non-hydrogen) atoms. The summed E-state index contributed by atoms with van der Waals surface area (Å²) in [7, 11) is 2.10. The van der Waals surface area contributed by atoms with E-state index in [4.69, 9.17) is 4.42 Å². The summed E-state index contributed by atoms with van der Waals surface area (Å²) in [5.74, 6) is -0.997. The van der Waals surface area contributed by atoms with E-state index in [2.05, 4.69) is 34.0 Å². The predicted molar refractivity (Wildman–Crippen MR) is 95.0 cm³/mol. The van der Waals surface area contributed by atoms with E-state index in [1.807, 2.05) is 18.2 Å². The monoisotopic (exact) mass is 337 g/mol. The summed E-state index contributed by atoms with van der Waals surface area (Å²) in [5.41, 5.74) is 2.25. The molecule has 1 aromatic heterocycles. The van der Waals surface area contributed by atoms with Gasteiger partial charge in [0.15, 0.2) is 5.58 Å². The Balaban J connectivity index is 1.77. The van der Waals surface area contributed by atoms with E-state index < -0.39 is 5.97 Å². The number of hydrogen-bond donors (Lipinski definition) is 1. The van der Waals surface area contributed by atoms with Crippen molar-refractivity contribution in [2.24, 2.45) is 0 Å². The summed E-state index contributed by atoms with van der Waals surface area (Å²) in [6.07, 6.45) is 0. The van der Waals surface area contributed by atoms with Crippen molar-refractivity contribution in [2.75, 3.05) is 31.6 Å². The van der Waals surface area contributed by atoms with Gasteiger partial charge in [-0.25, -0.2) is 4.79 Å². The van der Waals surface area contributed by atoms with Crippen LogP contribution in [0.5, 0.6) is 0 Å². The standard InChI is InChI=1S/C19H19N3O3/c1-21-10-11-22(15(12-21)13-6-3-2-4-7-13)19-20-17-14(18(23)24)8-5-9-16(17)25-19/h2-9,15H,10-12H2,1H3,(H,23,24). The number of benzene rings is 2. The number of carboxylic acids is 1.